The van der Waals surface area contributed by atoms with Gasteiger partial charge in [0.15, 0.2) is 0 Å². The Labute approximate surface area is 85.5 Å². The van der Waals surface area contributed by atoms with Gasteiger partial charge < -0.3 is 5.73 Å². The lowest BCUT2D eigenvalue weighted by Crippen LogP contribution is -2.21. The molecule has 0 amide bonds. The summed E-state index contributed by atoms with van der Waals surface area (Å²) >= 11 is 0. The minimum absolute atomic E-state index is 0.196. The third-order valence-corrected chi connectivity index (χ3v) is 3.24. The fourth-order valence-electron chi connectivity index (χ4n) is 1.77. The van der Waals surface area contributed by atoms with Crippen LogP contribution in [0.25, 0.3) is 0 Å². The molecule has 1 unspecified atom stereocenters. The first-order chi connectivity index (χ1) is 6.70. The van der Waals surface area contributed by atoms with Crippen LogP contribution in [0.15, 0.2) is 24.5 Å². The highest BCUT2D eigenvalue weighted by Gasteiger charge is 2.37. The van der Waals surface area contributed by atoms with Gasteiger partial charge in [0, 0.05) is 17.9 Å². The zero-order chi connectivity index (χ0) is 10.0. The summed E-state index contributed by atoms with van der Waals surface area (Å²) < 4.78 is 0. The maximum atomic E-state index is 6.06. The molecular formula is C12H18N2. The molecule has 0 saturated heterocycles. The Morgan fingerprint density at radius 1 is 1.43 bits per heavy atom. The predicted molar refractivity (Wildman–Crippen MR) is 58.0 cm³/mol. The minimum atomic E-state index is 0.196. The molecule has 1 aromatic rings. The molecule has 1 saturated carbocycles. The Balaban J connectivity index is 1.86. The first-order valence-electron chi connectivity index (χ1n) is 5.38. The summed E-state index contributed by atoms with van der Waals surface area (Å²) in [5, 5.41) is 0. The van der Waals surface area contributed by atoms with Crippen molar-refractivity contribution in [2.45, 2.75) is 44.1 Å². The van der Waals surface area contributed by atoms with Crippen molar-refractivity contribution in [1.29, 1.82) is 0 Å². The highest BCUT2D eigenvalue weighted by Crippen LogP contribution is 2.38. The van der Waals surface area contributed by atoms with E-state index in [0.29, 0.717) is 5.92 Å². The van der Waals surface area contributed by atoms with Crippen LogP contribution in [0.3, 0.4) is 0 Å². The number of aromatic nitrogens is 1. The van der Waals surface area contributed by atoms with Crippen LogP contribution in [-0.2, 0) is 0 Å². The van der Waals surface area contributed by atoms with Gasteiger partial charge >= 0.3 is 0 Å². The molecule has 1 fully saturated rings. The minimum Gasteiger partial charge on any atom is -0.325 e. The topological polar surface area (TPSA) is 38.9 Å². The first kappa shape index (κ1) is 9.66. The van der Waals surface area contributed by atoms with Crippen molar-refractivity contribution in [3.05, 3.63) is 30.1 Å². The number of rotatable bonds is 4. The van der Waals surface area contributed by atoms with Gasteiger partial charge in [-0.1, -0.05) is 6.92 Å². The average Bonchev–Trinajstić information content (AvgIpc) is 2.95. The maximum Gasteiger partial charge on any atom is 0.0270 e. The highest BCUT2D eigenvalue weighted by atomic mass is 14.8. The quantitative estimate of drug-likeness (QED) is 0.792. The molecule has 2 heteroatoms. The van der Waals surface area contributed by atoms with Crippen LogP contribution < -0.4 is 5.73 Å². The second-order valence-corrected chi connectivity index (χ2v) is 4.58. The molecule has 0 bridgehead atoms. The predicted octanol–water partition coefficient (Wildman–Crippen LogP) is 2.46. The number of nitrogens with zero attached hydrogens (tertiary/aromatic N) is 1. The Morgan fingerprint density at radius 3 is 2.64 bits per heavy atom. The summed E-state index contributed by atoms with van der Waals surface area (Å²) in [7, 11) is 0. The van der Waals surface area contributed by atoms with E-state index in [1.54, 1.807) is 0 Å². The first-order valence-corrected chi connectivity index (χ1v) is 5.38. The van der Waals surface area contributed by atoms with Gasteiger partial charge in [0.1, 0.15) is 0 Å². The molecular weight excluding hydrogens is 172 g/mol. The smallest absolute Gasteiger partial charge is 0.0270 e. The van der Waals surface area contributed by atoms with Crippen molar-refractivity contribution in [1.82, 2.24) is 4.98 Å². The second kappa shape index (κ2) is 3.70. The van der Waals surface area contributed by atoms with E-state index in [9.17, 15) is 0 Å². The Kier molecular flexibility index (Phi) is 2.55. The van der Waals surface area contributed by atoms with Crippen molar-refractivity contribution < 1.29 is 0 Å². The number of hydrogen-bond donors (Lipinski definition) is 1. The number of hydrogen-bond acceptors (Lipinski definition) is 2. The third-order valence-electron chi connectivity index (χ3n) is 3.24. The summed E-state index contributed by atoms with van der Waals surface area (Å²) in [6.45, 7) is 2.26. The lowest BCUT2D eigenvalue weighted by atomic mass is 9.94. The zero-order valence-corrected chi connectivity index (χ0v) is 8.74. The van der Waals surface area contributed by atoms with Gasteiger partial charge in [-0.15, -0.1) is 0 Å². The Morgan fingerprint density at radius 2 is 2.07 bits per heavy atom. The Hall–Kier alpha value is -0.890. The Bertz CT molecular complexity index is 290. The molecule has 1 atom stereocenters. The summed E-state index contributed by atoms with van der Waals surface area (Å²) in [6.07, 6.45) is 8.52. The summed E-state index contributed by atoms with van der Waals surface area (Å²) in [5.41, 5.74) is 7.64. The van der Waals surface area contributed by atoms with Crippen molar-refractivity contribution in [2.75, 3.05) is 0 Å². The fourth-order valence-corrected chi connectivity index (χ4v) is 1.77. The van der Waals surface area contributed by atoms with E-state index in [2.05, 4.69) is 24.0 Å². The third kappa shape index (κ3) is 2.32. The maximum absolute atomic E-state index is 6.06. The van der Waals surface area contributed by atoms with Crippen LogP contribution >= 0.6 is 0 Å². The van der Waals surface area contributed by atoms with Gasteiger partial charge in [0.25, 0.3) is 0 Å². The zero-order valence-electron chi connectivity index (χ0n) is 8.74. The average molecular weight is 190 g/mol. The molecule has 0 aliphatic heterocycles. The lowest BCUT2D eigenvalue weighted by Gasteiger charge is -2.14. The molecule has 1 aromatic heterocycles. The van der Waals surface area contributed by atoms with E-state index in [1.165, 1.54) is 24.8 Å². The van der Waals surface area contributed by atoms with Crippen molar-refractivity contribution in [2.24, 2.45) is 5.73 Å². The summed E-state index contributed by atoms with van der Waals surface area (Å²) in [6, 6.07) is 4.20. The van der Waals surface area contributed by atoms with E-state index >= 15 is 0 Å². The van der Waals surface area contributed by atoms with Gasteiger partial charge in [0.2, 0.25) is 0 Å². The molecule has 0 spiro atoms. The molecule has 14 heavy (non-hydrogen) atoms. The van der Waals surface area contributed by atoms with Crippen LogP contribution in [0.1, 0.15) is 44.1 Å². The van der Waals surface area contributed by atoms with Gasteiger partial charge in [-0.3, -0.25) is 4.98 Å². The van der Waals surface area contributed by atoms with E-state index in [4.69, 9.17) is 5.73 Å². The SMILES string of the molecule is CC(CCC1(N)CC1)c1ccncc1. The molecule has 76 valence electrons. The van der Waals surface area contributed by atoms with Crippen LogP contribution in [0.5, 0.6) is 0 Å². The van der Waals surface area contributed by atoms with E-state index < -0.39 is 0 Å². The monoisotopic (exact) mass is 190 g/mol. The number of nitrogens with two attached hydrogens (primary N) is 1. The van der Waals surface area contributed by atoms with E-state index in [0.717, 1.165) is 6.42 Å². The van der Waals surface area contributed by atoms with Crippen molar-refractivity contribution >= 4 is 0 Å². The molecule has 0 aromatic carbocycles. The van der Waals surface area contributed by atoms with Gasteiger partial charge in [-0.05, 0) is 49.3 Å². The van der Waals surface area contributed by atoms with Crippen LogP contribution in [0.2, 0.25) is 0 Å². The lowest BCUT2D eigenvalue weighted by molar-refractivity contribution is 0.532. The van der Waals surface area contributed by atoms with Crippen LogP contribution in [0.4, 0.5) is 0 Å². The van der Waals surface area contributed by atoms with Crippen molar-refractivity contribution in [3.63, 3.8) is 0 Å². The standard InChI is InChI=1S/C12H18N2/c1-10(2-5-12(13)6-7-12)11-3-8-14-9-4-11/h3-4,8-10H,2,5-7,13H2,1H3. The van der Waals surface area contributed by atoms with Gasteiger partial charge in [0.05, 0.1) is 0 Å². The van der Waals surface area contributed by atoms with Crippen LogP contribution in [0, 0.1) is 0 Å². The highest BCUT2D eigenvalue weighted by molar-refractivity contribution is 5.15. The molecule has 1 heterocycles. The van der Waals surface area contributed by atoms with Crippen molar-refractivity contribution in [3.8, 4) is 0 Å². The van der Waals surface area contributed by atoms with E-state index in [1.807, 2.05) is 12.4 Å². The van der Waals surface area contributed by atoms with Gasteiger partial charge in [-0.2, -0.15) is 0 Å². The molecule has 2 N–H and O–H groups in total. The molecule has 0 radical (unpaired) electrons. The molecule has 1 aliphatic rings. The fraction of sp³-hybridized carbons (Fsp3) is 0.583. The molecule has 2 rings (SSSR count). The second-order valence-electron chi connectivity index (χ2n) is 4.58. The number of pyridine rings is 1. The largest absolute Gasteiger partial charge is 0.325 e. The summed E-state index contributed by atoms with van der Waals surface area (Å²) in [5.74, 6) is 0.610. The van der Waals surface area contributed by atoms with E-state index in [-0.39, 0.29) is 5.54 Å². The normalized spacial score (nSPS) is 20.4. The molecule has 1 aliphatic carbocycles. The summed E-state index contributed by atoms with van der Waals surface area (Å²) in [4.78, 5) is 4.02. The van der Waals surface area contributed by atoms with Gasteiger partial charge in [-0.25, -0.2) is 0 Å². The molecule has 2 nitrogen and oxygen atoms in total. The van der Waals surface area contributed by atoms with Crippen LogP contribution in [-0.4, -0.2) is 10.5 Å².